The van der Waals surface area contributed by atoms with Crippen LogP contribution in [0.1, 0.15) is 25.7 Å². The summed E-state index contributed by atoms with van der Waals surface area (Å²) in [6, 6.07) is 0.176. The summed E-state index contributed by atoms with van der Waals surface area (Å²) in [5.41, 5.74) is 0. The van der Waals surface area contributed by atoms with Crippen LogP contribution in [-0.2, 0) is 10.0 Å². The molecule has 0 amide bonds. The van der Waals surface area contributed by atoms with Crippen LogP contribution in [0.15, 0.2) is 0 Å². The number of nitrogens with one attached hydrogen (secondary N) is 1. The molecule has 1 saturated heterocycles. The maximum absolute atomic E-state index is 12.5. The van der Waals surface area contributed by atoms with Crippen LogP contribution in [0.3, 0.4) is 0 Å². The van der Waals surface area contributed by atoms with Crippen LogP contribution in [0.2, 0.25) is 0 Å². The molecule has 2 aliphatic rings. The molecule has 118 valence electrons. The number of sulfonamides is 1. The van der Waals surface area contributed by atoms with Gasteiger partial charge in [-0.25, -0.2) is 8.42 Å². The zero-order chi connectivity index (χ0) is 14.4. The minimum Gasteiger partial charge on any atom is -0.396 e. The van der Waals surface area contributed by atoms with Crippen molar-refractivity contribution in [3.8, 4) is 0 Å². The largest absolute Gasteiger partial charge is 0.396 e. The van der Waals surface area contributed by atoms with Crippen molar-refractivity contribution >= 4 is 10.0 Å². The smallest absolute Gasteiger partial charge is 0.215 e. The molecule has 0 radical (unpaired) electrons. The van der Waals surface area contributed by atoms with Crippen molar-refractivity contribution in [3.05, 3.63) is 0 Å². The summed E-state index contributed by atoms with van der Waals surface area (Å²) >= 11 is 0. The number of aliphatic hydroxyl groups is 1. The molecule has 1 aliphatic heterocycles. The van der Waals surface area contributed by atoms with Crippen LogP contribution in [0.4, 0.5) is 0 Å². The molecule has 0 aromatic rings. The lowest BCUT2D eigenvalue weighted by Crippen LogP contribution is -2.49. The van der Waals surface area contributed by atoms with Crippen molar-refractivity contribution in [2.75, 3.05) is 51.6 Å². The highest BCUT2D eigenvalue weighted by atomic mass is 32.2. The fourth-order valence-corrected chi connectivity index (χ4v) is 4.54. The van der Waals surface area contributed by atoms with Crippen LogP contribution in [0.25, 0.3) is 0 Å². The summed E-state index contributed by atoms with van der Waals surface area (Å²) < 4.78 is 26.7. The molecular formula is C13H27N3O3S. The third kappa shape index (κ3) is 4.39. The molecule has 20 heavy (non-hydrogen) atoms. The van der Waals surface area contributed by atoms with Gasteiger partial charge < -0.3 is 10.4 Å². The predicted octanol–water partition coefficient (Wildman–Crippen LogP) is -0.542. The van der Waals surface area contributed by atoms with Crippen molar-refractivity contribution in [1.29, 1.82) is 0 Å². The summed E-state index contributed by atoms with van der Waals surface area (Å²) in [4.78, 5) is 2.21. The summed E-state index contributed by atoms with van der Waals surface area (Å²) in [6.07, 6.45) is 3.59. The van der Waals surface area contributed by atoms with Crippen molar-refractivity contribution < 1.29 is 13.5 Å². The topological polar surface area (TPSA) is 72.9 Å². The second-order valence-electron chi connectivity index (χ2n) is 5.68. The molecule has 0 spiro atoms. The highest BCUT2D eigenvalue weighted by Crippen LogP contribution is 2.27. The van der Waals surface area contributed by atoms with E-state index in [2.05, 4.69) is 10.2 Å². The molecule has 0 aromatic heterocycles. The molecule has 0 aromatic carbocycles. The molecule has 0 unspecified atom stereocenters. The van der Waals surface area contributed by atoms with Gasteiger partial charge in [-0.05, 0) is 19.3 Å². The Bertz CT molecular complexity index is 378. The average Bonchev–Trinajstić information content (AvgIpc) is 2.40. The van der Waals surface area contributed by atoms with E-state index in [-0.39, 0.29) is 18.4 Å². The Balaban J connectivity index is 1.87. The maximum Gasteiger partial charge on any atom is 0.215 e. The third-order valence-corrected chi connectivity index (χ3v) is 6.14. The number of hydrogen-bond donors (Lipinski definition) is 2. The zero-order valence-electron chi connectivity index (χ0n) is 12.1. The van der Waals surface area contributed by atoms with Crippen molar-refractivity contribution in [2.45, 2.75) is 31.7 Å². The van der Waals surface area contributed by atoms with Crippen molar-refractivity contribution in [1.82, 2.24) is 14.5 Å². The first kappa shape index (κ1) is 16.2. The van der Waals surface area contributed by atoms with Gasteiger partial charge in [0.15, 0.2) is 0 Å². The lowest BCUT2D eigenvalue weighted by Gasteiger charge is -2.37. The van der Waals surface area contributed by atoms with E-state index in [1.165, 1.54) is 0 Å². The van der Waals surface area contributed by atoms with E-state index in [0.29, 0.717) is 19.5 Å². The van der Waals surface area contributed by atoms with Gasteiger partial charge in [0.25, 0.3) is 0 Å². The molecule has 0 atom stereocenters. The molecule has 1 saturated carbocycles. The molecule has 1 heterocycles. The van der Waals surface area contributed by atoms with Gasteiger partial charge in [-0.15, -0.1) is 0 Å². The quantitative estimate of drug-likeness (QED) is 0.630. The van der Waals surface area contributed by atoms with Crippen molar-refractivity contribution in [2.24, 2.45) is 0 Å². The molecule has 6 nitrogen and oxygen atoms in total. The number of piperazine rings is 1. The van der Waals surface area contributed by atoms with Gasteiger partial charge >= 0.3 is 0 Å². The number of aliphatic hydroxyl groups excluding tert-OH is 1. The third-order valence-electron chi connectivity index (χ3n) is 4.25. The molecule has 2 N–H and O–H groups in total. The normalized spacial score (nSPS) is 22.1. The van der Waals surface area contributed by atoms with E-state index in [9.17, 15) is 8.42 Å². The number of rotatable bonds is 8. The minimum absolute atomic E-state index is 0.0521. The first-order valence-electron chi connectivity index (χ1n) is 7.67. The van der Waals surface area contributed by atoms with E-state index < -0.39 is 10.0 Å². The summed E-state index contributed by atoms with van der Waals surface area (Å²) in [5, 5.41) is 12.2. The maximum atomic E-state index is 12.5. The van der Waals surface area contributed by atoms with E-state index in [4.69, 9.17) is 5.11 Å². The second kappa shape index (κ2) is 7.70. The highest BCUT2D eigenvalue weighted by molar-refractivity contribution is 7.89. The first-order valence-corrected chi connectivity index (χ1v) is 9.28. The molecular weight excluding hydrogens is 278 g/mol. The predicted molar refractivity (Wildman–Crippen MR) is 79.1 cm³/mol. The Labute approximate surface area is 122 Å². The van der Waals surface area contributed by atoms with Crippen LogP contribution >= 0.6 is 0 Å². The van der Waals surface area contributed by atoms with Crippen molar-refractivity contribution in [3.63, 3.8) is 0 Å². The number of nitrogens with zero attached hydrogens (tertiary/aromatic N) is 2. The fourth-order valence-electron chi connectivity index (χ4n) is 2.75. The first-order chi connectivity index (χ1) is 9.63. The Hall–Kier alpha value is -0.210. The van der Waals surface area contributed by atoms with E-state index in [0.717, 1.165) is 45.4 Å². The molecule has 2 fully saturated rings. The van der Waals surface area contributed by atoms with Crippen LogP contribution in [-0.4, -0.2) is 80.4 Å². The fraction of sp³-hybridized carbons (Fsp3) is 1.00. The van der Waals surface area contributed by atoms with E-state index >= 15 is 0 Å². The lowest BCUT2D eigenvalue weighted by atomic mass is 9.93. The van der Waals surface area contributed by atoms with Gasteiger partial charge in [0.1, 0.15) is 0 Å². The highest BCUT2D eigenvalue weighted by Gasteiger charge is 2.33. The lowest BCUT2D eigenvalue weighted by molar-refractivity contribution is 0.196. The van der Waals surface area contributed by atoms with Crippen LogP contribution < -0.4 is 5.32 Å². The molecule has 0 bridgehead atoms. The Kier molecular flexibility index (Phi) is 6.22. The molecule has 1 aliphatic carbocycles. The summed E-state index contributed by atoms with van der Waals surface area (Å²) in [7, 11) is -3.19. The van der Waals surface area contributed by atoms with Crippen LogP contribution in [0.5, 0.6) is 0 Å². The Morgan fingerprint density at radius 1 is 1.25 bits per heavy atom. The van der Waals surface area contributed by atoms with Gasteiger partial charge in [-0.2, -0.15) is 4.31 Å². The average molecular weight is 305 g/mol. The second-order valence-corrected chi connectivity index (χ2v) is 7.72. The van der Waals surface area contributed by atoms with E-state index in [1.54, 1.807) is 4.31 Å². The summed E-state index contributed by atoms with van der Waals surface area (Å²) in [5.74, 6) is 0.203. The SMILES string of the molecule is O=S(=O)(CCN1CCNCC1)N(CCCO)C1CCC1. The standard InChI is InChI=1S/C13H27N3O3S/c17-11-2-7-16(13-3-1-4-13)20(18,19)12-10-15-8-5-14-6-9-15/h13-14,17H,1-12H2. The van der Waals surface area contributed by atoms with Gasteiger partial charge in [0, 0.05) is 51.9 Å². The van der Waals surface area contributed by atoms with E-state index in [1.807, 2.05) is 0 Å². The molecule has 2 rings (SSSR count). The summed E-state index contributed by atoms with van der Waals surface area (Å²) in [6.45, 7) is 4.87. The Morgan fingerprint density at radius 2 is 1.95 bits per heavy atom. The van der Waals surface area contributed by atoms with Crippen LogP contribution in [0, 0.1) is 0 Å². The molecule has 7 heteroatoms. The Morgan fingerprint density at radius 3 is 2.50 bits per heavy atom. The van der Waals surface area contributed by atoms with Gasteiger partial charge in [-0.1, -0.05) is 6.42 Å². The van der Waals surface area contributed by atoms with Gasteiger partial charge in [0.2, 0.25) is 10.0 Å². The zero-order valence-corrected chi connectivity index (χ0v) is 12.9. The number of hydrogen-bond acceptors (Lipinski definition) is 5. The van der Waals surface area contributed by atoms with Gasteiger partial charge in [0.05, 0.1) is 5.75 Å². The minimum atomic E-state index is -3.19. The van der Waals surface area contributed by atoms with Gasteiger partial charge in [-0.3, -0.25) is 4.90 Å². The monoisotopic (exact) mass is 305 g/mol.